The average molecular weight is 236 g/mol. The van der Waals surface area contributed by atoms with Gasteiger partial charge in [0.25, 0.3) is 0 Å². The second-order valence-corrected chi connectivity index (χ2v) is 5.33. The van der Waals surface area contributed by atoms with Crippen LogP contribution in [0.25, 0.3) is 0 Å². The minimum Gasteiger partial charge on any atom is -0.399 e. The van der Waals surface area contributed by atoms with Crippen molar-refractivity contribution < 1.29 is 4.39 Å². The maximum Gasteiger partial charge on any atom is 0.138 e. The van der Waals surface area contributed by atoms with E-state index in [0.29, 0.717) is 17.0 Å². The number of anilines is 1. The van der Waals surface area contributed by atoms with Gasteiger partial charge in [0.2, 0.25) is 0 Å². The van der Waals surface area contributed by atoms with Gasteiger partial charge in [-0.15, -0.1) is 11.8 Å². The lowest BCUT2D eigenvalue weighted by atomic mass is 10.1. The van der Waals surface area contributed by atoms with Gasteiger partial charge in [-0.05, 0) is 36.5 Å². The van der Waals surface area contributed by atoms with Crippen LogP contribution in [0, 0.1) is 22.6 Å². The molecule has 1 fully saturated rings. The Labute approximate surface area is 98.6 Å². The number of rotatable bonds is 4. The first-order valence-electron chi connectivity index (χ1n) is 5.20. The summed E-state index contributed by atoms with van der Waals surface area (Å²) in [5, 5.41) is 8.68. The fourth-order valence-corrected chi connectivity index (χ4v) is 2.80. The van der Waals surface area contributed by atoms with Crippen molar-refractivity contribution in [3.05, 3.63) is 24.0 Å². The number of benzene rings is 1. The molecule has 16 heavy (non-hydrogen) atoms. The fourth-order valence-electron chi connectivity index (χ4n) is 1.58. The first-order valence-corrected chi connectivity index (χ1v) is 6.19. The molecule has 0 radical (unpaired) electrons. The first-order chi connectivity index (χ1) is 7.65. The summed E-state index contributed by atoms with van der Waals surface area (Å²) < 4.78 is 13.5. The van der Waals surface area contributed by atoms with Crippen LogP contribution in [0.5, 0.6) is 0 Å². The molecule has 0 atom stereocenters. The lowest BCUT2D eigenvalue weighted by molar-refractivity contribution is 0.593. The molecule has 0 aliphatic heterocycles. The third-order valence-electron chi connectivity index (χ3n) is 2.90. The number of hydrogen-bond acceptors (Lipinski definition) is 3. The topological polar surface area (TPSA) is 49.8 Å². The van der Waals surface area contributed by atoms with Crippen molar-refractivity contribution in [2.75, 3.05) is 11.5 Å². The second kappa shape index (κ2) is 4.34. The third-order valence-corrected chi connectivity index (χ3v) is 4.30. The number of nitrogen functional groups attached to an aromatic ring is 1. The molecule has 84 valence electrons. The second-order valence-electron chi connectivity index (χ2n) is 4.31. The number of halogens is 1. The molecule has 1 aromatic carbocycles. The highest BCUT2D eigenvalue weighted by molar-refractivity contribution is 7.99. The van der Waals surface area contributed by atoms with E-state index in [-0.39, 0.29) is 11.2 Å². The van der Waals surface area contributed by atoms with Crippen molar-refractivity contribution in [2.45, 2.75) is 24.2 Å². The van der Waals surface area contributed by atoms with Gasteiger partial charge in [0.15, 0.2) is 0 Å². The van der Waals surface area contributed by atoms with Crippen molar-refractivity contribution in [3.63, 3.8) is 0 Å². The van der Waals surface area contributed by atoms with E-state index >= 15 is 0 Å². The first kappa shape index (κ1) is 11.3. The number of hydrogen-bond donors (Lipinski definition) is 1. The highest BCUT2D eigenvalue weighted by Gasteiger charge is 2.42. The van der Waals surface area contributed by atoms with Gasteiger partial charge in [-0.1, -0.05) is 0 Å². The molecule has 1 aromatic rings. The Morgan fingerprint density at radius 1 is 1.50 bits per heavy atom. The third kappa shape index (κ3) is 2.48. The quantitative estimate of drug-likeness (QED) is 0.645. The molecule has 0 unspecified atom stereocenters. The van der Waals surface area contributed by atoms with Crippen LogP contribution in [0.15, 0.2) is 23.1 Å². The minimum absolute atomic E-state index is 0.146. The average Bonchev–Trinajstić information content (AvgIpc) is 2.98. The van der Waals surface area contributed by atoms with Crippen LogP contribution in [0.2, 0.25) is 0 Å². The van der Waals surface area contributed by atoms with E-state index < -0.39 is 0 Å². The lowest BCUT2D eigenvalue weighted by Gasteiger charge is -2.10. The molecule has 0 amide bonds. The Hall–Kier alpha value is -1.21. The van der Waals surface area contributed by atoms with Crippen molar-refractivity contribution >= 4 is 17.4 Å². The van der Waals surface area contributed by atoms with E-state index in [2.05, 4.69) is 6.07 Å². The highest BCUT2D eigenvalue weighted by atomic mass is 32.2. The summed E-state index contributed by atoms with van der Waals surface area (Å²) in [7, 11) is 0. The van der Waals surface area contributed by atoms with Crippen LogP contribution < -0.4 is 5.73 Å². The SMILES string of the molecule is N#CCC1(CSc2ccc(N)cc2F)CC1. The van der Waals surface area contributed by atoms with Gasteiger partial charge in [0.05, 0.1) is 6.07 Å². The summed E-state index contributed by atoms with van der Waals surface area (Å²) in [4.78, 5) is 0.624. The minimum atomic E-state index is -0.266. The summed E-state index contributed by atoms with van der Waals surface area (Å²) in [5.74, 6) is 0.555. The zero-order valence-corrected chi connectivity index (χ0v) is 9.69. The molecule has 1 saturated carbocycles. The van der Waals surface area contributed by atoms with Crippen LogP contribution >= 0.6 is 11.8 Å². The van der Waals surface area contributed by atoms with Gasteiger partial charge >= 0.3 is 0 Å². The normalized spacial score (nSPS) is 16.8. The van der Waals surface area contributed by atoms with Crippen molar-refractivity contribution in [1.82, 2.24) is 0 Å². The van der Waals surface area contributed by atoms with Gasteiger partial charge in [-0.2, -0.15) is 5.26 Å². The standard InChI is InChI=1S/C12H13FN2S/c13-10-7-9(15)1-2-11(10)16-8-12(3-4-12)5-6-14/h1-2,7H,3-5,8,15H2. The molecule has 0 heterocycles. The summed E-state index contributed by atoms with van der Waals surface area (Å²) in [5.41, 5.74) is 6.07. The van der Waals surface area contributed by atoms with E-state index in [1.54, 1.807) is 12.1 Å². The Bertz CT molecular complexity index is 435. The van der Waals surface area contributed by atoms with E-state index in [1.165, 1.54) is 17.8 Å². The molecule has 2 nitrogen and oxygen atoms in total. The molecule has 1 aliphatic carbocycles. The Balaban J connectivity index is 1.98. The summed E-state index contributed by atoms with van der Waals surface area (Å²) >= 11 is 1.48. The molecule has 0 spiro atoms. The van der Waals surface area contributed by atoms with Crippen LogP contribution in [0.4, 0.5) is 10.1 Å². The Morgan fingerprint density at radius 2 is 2.25 bits per heavy atom. The zero-order valence-electron chi connectivity index (χ0n) is 8.87. The van der Waals surface area contributed by atoms with Crippen molar-refractivity contribution in [3.8, 4) is 6.07 Å². The highest BCUT2D eigenvalue weighted by Crippen LogP contribution is 2.51. The smallest absolute Gasteiger partial charge is 0.138 e. The molecule has 0 saturated heterocycles. The van der Waals surface area contributed by atoms with E-state index in [1.807, 2.05) is 0 Å². The van der Waals surface area contributed by atoms with Gasteiger partial charge in [-0.3, -0.25) is 0 Å². The van der Waals surface area contributed by atoms with Crippen LogP contribution in [0.1, 0.15) is 19.3 Å². The van der Waals surface area contributed by atoms with Crippen LogP contribution in [-0.4, -0.2) is 5.75 Å². The summed E-state index contributed by atoms with van der Waals surface area (Å²) in [6.45, 7) is 0. The van der Waals surface area contributed by atoms with Gasteiger partial charge in [-0.25, -0.2) is 4.39 Å². The molecular formula is C12H13FN2S. The summed E-state index contributed by atoms with van der Waals surface area (Å²) in [6.07, 6.45) is 2.75. The zero-order chi connectivity index (χ0) is 11.6. The maximum absolute atomic E-state index is 13.5. The predicted octanol–water partition coefficient (Wildman–Crippen LogP) is 3.19. The largest absolute Gasteiger partial charge is 0.399 e. The van der Waals surface area contributed by atoms with E-state index in [4.69, 9.17) is 11.0 Å². The van der Waals surface area contributed by atoms with Gasteiger partial charge in [0, 0.05) is 22.8 Å². The van der Waals surface area contributed by atoms with Gasteiger partial charge < -0.3 is 5.73 Å². The molecular weight excluding hydrogens is 223 g/mol. The number of nitriles is 1. The maximum atomic E-state index is 13.5. The van der Waals surface area contributed by atoms with Crippen molar-refractivity contribution in [2.24, 2.45) is 5.41 Å². The molecule has 0 aromatic heterocycles. The molecule has 0 bridgehead atoms. The van der Waals surface area contributed by atoms with Crippen LogP contribution in [-0.2, 0) is 0 Å². The number of thioether (sulfide) groups is 1. The van der Waals surface area contributed by atoms with E-state index in [0.717, 1.165) is 18.6 Å². The van der Waals surface area contributed by atoms with E-state index in [9.17, 15) is 4.39 Å². The number of nitrogens with zero attached hydrogens (tertiary/aromatic N) is 1. The molecule has 1 aliphatic rings. The molecule has 2 N–H and O–H groups in total. The lowest BCUT2D eigenvalue weighted by Crippen LogP contribution is -2.02. The van der Waals surface area contributed by atoms with Crippen LogP contribution in [0.3, 0.4) is 0 Å². The fraction of sp³-hybridized carbons (Fsp3) is 0.417. The van der Waals surface area contributed by atoms with Crippen molar-refractivity contribution in [1.29, 1.82) is 5.26 Å². The number of nitrogens with two attached hydrogens (primary N) is 1. The predicted molar refractivity (Wildman–Crippen MR) is 63.4 cm³/mol. The van der Waals surface area contributed by atoms with Gasteiger partial charge in [0.1, 0.15) is 5.82 Å². The molecule has 4 heteroatoms. The monoisotopic (exact) mass is 236 g/mol. The summed E-state index contributed by atoms with van der Waals surface area (Å²) in [6, 6.07) is 6.95. The molecule has 2 rings (SSSR count). The Kier molecular flexibility index (Phi) is 3.06. The Morgan fingerprint density at radius 3 is 2.81 bits per heavy atom.